The smallest absolute Gasteiger partial charge is 0.258 e. The van der Waals surface area contributed by atoms with Gasteiger partial charge < -0.3 is 25.2 Å². The summed E-state index contributed by atoms with van der Waals surface area (Å²) in [5.74, 6) is -0.639. The van der Waals surface area contributed by atoms with E-state index in [0.29, 0.717) is 33.3 Å². The first-order valence-electron chi connectivity index (χ1n) is 13.8. The number of nitrogens with zero attached hydrogens (tertiary/aromatic N) is 3. The number of carbonyl (C=O) groups is 3. The van der Waals surface area contributed by atoms with Gasteiger partial charge >= 0.3 is 0 Å². The Hall–Kier alpha value is -4.14. The van der Waals surface area contributed by atoms with Gasteiger partial charge in [0.1, 0.15) is 11.8 Å². The molecule has 4 aromatic carbocycles. The highest BCUT2D eigenvalue weighted by Gasteiger charge is 2.38. The second-order valence-corrected chi connectivity index (χ2v) is 11.6. The molecule has 0 spiro atoms. The van der Waals surface area contributed by atoms with Crippen molar-refractivity contribution in [3.63, 3.8) is 0 Å². The van der Waals surface area contributed by atoms with E-state index in [9.17, 15) is 19.6 Å². The molecule has 0 saturated carbocycles. The van der Waals surface area contributed by atoms with Crippen molar-refractivity contribution in [2.75, 3.05) is 30.5 Å². The SMILES string of the molecule is CN[C@@H](C)C(=O)N[C@H]1CN(C(=O)c2ccc(C#N)cc2)c2cc(Cl)ccc2N(Cc2c(OC)ccc3c(Br)cccc23)C1=O.Cl. The van der Waals surface area contributed by atoms with Gasteiger partial charge in [-0.05, 0) is 85.4 Å². The average Bonchev–Trinajstić information content (AvgIpc) is 3.14. The van der Waals surface area contributed by atoms with Crippen LogP contribution in [0.15, 0.2) is 77.3 Å². The van der Waals surface area contributed by atoms with Gasteiger partial charge in [-0.25, -0.2) is 0 Å². The van der Waals surface area contributed by atoms with E-state index in [0.717, 1.165) is 20.8 Å². The molecule has 0 unspecified atom stereocenters. The van der Waals surface area contributed by atoms with E-state index in [1.165, 1.54) is 4.90 Å². The Balaban J connectivity index is 0.00000461. The third-order valence-corrected chi connectivity index (χ3v) is 8.64. The second kappa shape index (κ2) is 14.3. The van der Waals surface area contributed by atoms with Crippen molar-refractivity contribution >= 4 is 79.8 Å². The molecule has 0 aromatic heterocycles. The van der Waals surface area contributed by atoms with Crippen LogP contribution in [0.2, 0.25) is 5.02 Å². The topological polar surface area (TPSA) is 115 Å². The van der Waals surface area contributed by atoms with Crippen LogP contribution in [0.4, 0.5) is 11.4 Å². The monoisotopic (exact) mass is 709 g/mol. The molecule has 1 aliphatic rings. The molecule has 1 aliphatic heterocycles. The fourth-order valence-corrected chi connectivity index (χ4v) is 5.88. The predicted octanol–water partition coefficient (Wildman–Crippen LogP) is 5.84. The lowest BCUT2D eigenvalue weighted by atomic mass is 10.0. The molecule has 45 heavy (non-hydrogen) atoms. The molecule has 3 amide bonds. The first-order chi connectivity index (χ1) is 21.2. The first kappa shape index (κ1) is 33.7. The number of rotatable bonds is 7. The molecular formula is C33H30BrCl2N5O4. The number of fused-ring (bicyclic) bond motifs is 2. The van der Waals surface area contributed by atoms with Gasteiger partial charge in [-0.2, -0.15) is 5.26 Å². The maximum Gasteiger partial charge on any atom is 0.258 e. The van der Waals surface area contributed by atoms with Crippen LogP contribution in [0.1, 0.15) is 28.4 Å². The summed E-state index contributed by atoms with van der Waals surface area (Å²) in [4.78, 5) is 44.6. The van der Waals surface area contributed by atoms with E-state index in [-0.39, 0.29) is 25.5 Å². The molecule has 0 saturated heterocycles. The van der Waals surface area contributed by atoms with Crippen LogP contribution < -0.4 is 25.2 Å². The van der Waals surface area contributed by atoms with E-state index < -0.39 is 29.8 Å². The van der Waals surface area contributed by atoms with Gasteiger partial charge in [0.15, 0.2) is 0 Å². The molecule has 0 radical (unpaired) electrons. The van der Waals surface area contributed by atoms with Crippen LogP contribution in [0.25, 0.3) is 10.8 Å². The number of hydrogen-bond acceptors (Lipinski definition) is 6. The summed E-state index contributed by atoms with van der Waals surface area (Å²) in [5.41, 5.74) is 2.31. The second-order valence-electron chi connectivity index (χ2n) is 10.3. The predicted molar refractivity (Wildman–Crippen MR) is 181 cm³/mol. The van der Waals surface area contributed by atoms with Gasteiger partial charge in [0.05, 0.1) is 49.2 Å². The number of nitrogens with one attached hydrogen (secondary N) is 2. The zero-order chi connectivity index (χ0) is 31.5. The zero-order valence-electron chi connectivity index (χ0n) is 24.6. The molecule has 4 aromatic rings. The number of hydrogen-bond donors (Lipinski definition) is 2. The van der Waals surface area contributed by atoms with E-state index in [2.05, 4.69) is 32.6 Å². The molecule has 0 fully saturated rings. The minimum absolute atomic E-state index is 0. The standard InChI is InChI=1S/C33H29BrClN5O4.ClH/c1-19(37-2)31(41)38-27-18-40(32(42)21-9-7-20(16-36)8-10-21)29-15-22(35)11-13-28(29)39(33(27)43)17-25-23-5-4-6-26(34)24(23)12-14-30(25)44-3;/h4-15,19,27,37H,17-18H2,1-3H3,(H,38,41);1H/t19-,27-;/m0./s1. The van der Waals surface area contributed by atoms with Crippen LogP contribution >= 0.6 is 39.9 Å². The van der Waals surface area contributed by atoms with E-state index in [4.69, 9.17) is 16.3 Å². The lowest BCUT2D eigenvalue weighted by Gasteiger charge is -2.27. The number of carbonyl (C=O) groups excluding carboxylic acids is 3. The third-order valence-electron chi connectivity index (χ3n) is 7.71. The third kappa shape index (κ3) is 6.77. The summed E-state index contributed by atoms with van der Waals surface area (Å²) in [6, 6.07) is 21.2. The Morgan fingerprint density at radius 3 is 2.49 bits per heavy atom. The quantitative estimate of drug-likeness (QED) is 0.249. The Bertz CT molecular complexity index is 1810. The summed E-state index contributed by atoms with van der Waals surface area (Å²) >= 11 is 10.1. The Morgan fingerprint density at radius 1 is 1.09 bits per heavy atom. The zero-order valence-corrected chi connectivity index (χ0v) is 27.8. The number of ether oxygens (including phenoxy) is 1. The van der Waals surface area contributed by atoms with Crippen LogP contribution in [-0.4, -0.2) is 50.5 Å². The fourth-order valence-electron chi connectivity index (χ4n) is 5.22. The van der Waals surface area contributed by atoms with Gasteiger partial charge in [-0.1, -0.05) is 39.7 Å². The maximum absolute atomic E-state index is 14.5. The highest BCUT2D eigenvalue weighted by atomic mass is 79.9. The number of anilines is 2. The lowest BCUT2D eigenvalue weighted by molar-refractivity contribution is -0.128. The molecule has 2 atom stereocenters. The average molecular weight is 711 g/mol. The largest absolute Gasteiger partial charge is 0.496 e. The minimum atomic E-state index is -1.10. The van der Waals surface area contributed by atoms with Crippen molar-refractivity contribution in [2.45, 2.75) is 25.6 Å². The normalized spacial score (nSPS) is 14.9. The summed E-state index contributed by atoms with van der Waals surface area (Å²) < 4.78 is 6.63. The number of benzene rings is 4. The highest BCUT2D eigenvalue weighted by molar-refractivity contribution is 9.10. The van der Waals surface area contributed by atoms with Crippen LogP contribution in [0.5, 0.6) is 5.75 Å². The first-order valence-corrected chi connectivity index (χ1v) is 15.0. The van der Waals surface area contributed by atoms with E-state index in [1.807, 2.05) is 30.3 Å². The summed E-state index contributed by atoms with van der Waals surface area (Å²) in [6.07, 6.45) is 0. The maximum atomic E-state index is 14.5. The van der Waals surface area contributed by atoms with Crippen molar-refractivity contribution in [1.82, 2.24) is 10.6 Å². The van der Waals surface area contributed by atoms with Crippen molar-refractivity contribution < 1.29 is 19.1 Å². The molecule has 5 rings (SSSR count). The van der Waals surface area contributed by atoms with Gasteiger partial charge in [0.2, 0.25) is 5.91 Å². The summed E-state index contributed by atoms with van der Waals surface area (Å²) in [7, 11) is 3.22. The Kier molecular flexibility index (Phi) is 10.7. The Morgan fingerprint density at radius 2 is 1.82 bits per heavy atom. The van der Waals surface area contributed by atoms with Crippen LogP contribution in [0, 0.1) is 11.3 Å². The molecular weight excluding hydrogens is 681 g/mol. The number of nitriles is 1. The molecule has 2 N–H and O–H groups in total. The van der Waals surface area contributed by atoms with Gasteiger partial charge in [0.25, 0.3) is 11.8 Å². The van der Waals surface area contributed by atoms with Crippen molar-refractivity contribution in [3.8, 4) is 11.8 Å². The fraction of sp³-hybridized carbons (Fsp3) is 0.212. The van der Waals surface area contributed by atoms with Gasteiger partial charge in [-0.15, -0.1) is 12.4 Å². The van der Waals surface area contributed by atoms with Crippen molar-refractivity contribution in [3.05, 3.63) is 99.0 Å². The molecule has 12 heteroatoms. The van der Waals surface area contributed by atoms with Crippen LogP contribution in [0.3, 0.4) is 0 Å². The van der Waals surface area contributed by atoms with Crippen molar-refractivity contribution in [1.29, 1.82) is 5.26 Å². The van der Waals surface area contributed by atoms with Gasteiger partial charge in [0, 0.05) is 20.6 Å². The van der Waals surface area contributed by atoms with Gasteiger partial charge in [-0.3, -0.25) is 14.4 Å². The van der Waals surface area contributed by atoms with Crippen molar-refractivity contribution in [2.24, 2.45) is 0 Å². The highest BCUT2D eigenvalue weighted by Crippen LogP contribution is 2.40. The number of halogens is 3. The number of likely N-dealkylation sites (N-methyl/N-ethyl adjacent to an activating group) is 1. The number of methoxy groups -OCH3 is 1. The summed E-state index contributed by atoms with van der Waals surface area (Å²) in [5, 5.41) is 17.2. The Labute approximate surface area is 280 Å². The van der Waals surface area contributed by atoms with E-state index in [1.54, 1.807) is 68.4 Å². The van der Waals surface area contributed by atoms with E-state index >= 15 is 0 Å². The number of amides is 3. The van der Waals surface area contributed by atoms with Crippen LogP contribution in [-0.2, 0) is 16.1 Å². The summed E-state index contributed by atoms with van der Waals surface area (Å²) in [6.45, 7) is 1.61. The molecule has 0 aliphatic carbocycles. The molecule has 1 heterocycles. The minimum Gasteiger partial charge on any atom is -0.496 e. The lowest BCUT2D eigenvalue weighted by Crippen LogP contribution is -2.55. The molecule has 9 nitrogen and oxygen atoms in total. The molecule has 232 valence electrons. The molecule has 0 bridgehead atoms.